The van der Waals surface area contributed by atoms with Crippen LogP contribution in [0.25, 0.3) is 0 Å². The molecule has 0 aliphatic heterocycles. The van der Waals surface area contributed by atoms with Crippen LogP contribution in [0.3, 0.4) is 0 Å². The predicted molar refractivity (Wildman–Crippen MR) is 73.5 cm³/mol. The number of nitrogens with zero attached hydrogens (tertiary/aromatic N) is 1. The van der Waals surface area contributed by atoms with E-state index in [0.717, 1.165) is 0 Å². The van der Waals surface area contributed by atoms with Crippen molar-refractivity contribution in [2.24, 2.45) is 0 Å². The van der Waals surface area contributed by atoms with Gasteiger partial charge in [-0.2, -0.15) is 5.26 Å². The number of hydrogen-bond donors (Lipinski definition) is 0. The van der Waals surface area contributed by atoms with Crippen molar-refractivity contribution >= 4 is 11.6 Å². The molecule has 0 fully saturated rings. The smallest absolute Gasteiger partial charge is 0.180 e. The number of ether oxygens (including phenoxy) is 2. The van der Waals surface area contributed by atoms with Crippen LogP contribution in [-0.2, 0) is 6.61 Å². The fourth-order valence-corrected chi connectivity index (χ4v) is 1.97. The first kappa shape index (κ1) is 14.2. The van der Waals surface area contributed by atoms with E-state index in [0.29, 0.717) is 22.6 Å². The second-order valence-corrected chi connectivity index (χ2v) is 4.43. The number of benzene rings is 2. The molecule has 2 rings (SSSR count). The van der Waals surface area contributed by atoms with Gasteiger partial charge in [0, 0.05) is 6.07 Å². The first-order chi connectivity index (χ1) is 9.63. The van der Waals surface area contributed by atoms with Crippen LogP contribution in [0.2, 0.25) is 5.02 Å². The molecule has 0 N–H and O–H groups in total. The topological polar surface area (TPSA) is 42.2 Å². The molecule has 0 spiro atoms. The van der Waals surface area contributed by atoms with Gasteiger partial charge in [-0.25, -0.2) is 4.39 Å². The van der Waals surface area contributed by atoms with E-state index < -0.39 is 0 Å². The van der Waals surface area contributed by atoms with E-state index >= 15 is 0 Å². The summed E-state index contributed by atoms with van der Waals surface area (Å²) >= 11 is 6.06. The first-order valence-corrected chi connectivity index (χ1v) is 6.16. The molecule has 3 nitrogen and oxygen atoms in total. The summed E-state index contributed by atoms with van der Waals surface area (Å²) in [4.78, 5) is 0. The van der Waals surface area contributed by atoms with Crippen molar-refractivity contribution in [2.75, 3.05) is 7.11 Å². The van der Waals surface area contributed by atoms with Crippen LogP contribution in [-0.4, -0.2) is 7.11 Å². The van der Waals surface area contributed by atoms with Gasteiger partial charge in [-0.1, -0.05) is 23.7 Å². The largest absolute Gasteiger partial charge is 0.493 e. The highest BCUT2D eigenvalue weighted by molar-refractivity contribution is 6.32. The maximum Gasteiger partial charge on any atom is 0.180 e. The average Bonchev–Trinajstić information content (AvgIpc) is 2.45. The van der Waals surface area contributed by atoms with Crippen LogP contribution in [0.4, 0.5) is 4.39 Å². The lowest BCUT2D eigenvalue weighted by Gasteiger charge is -2.12. The highest BCUT2D eigenvalue weighted by atomic mass is 35.5. The molecule has 20 heavy (non-hydrogen) atoms. The maximum absolute atomic E-state index is 13.1. The van der Waals surface area contributed by atoms with E-state index in [2.05, 4.69) is 0 Å². The van der Waals surface area contributed by atoms with Gasteiger partial charge >= 0.3 is 0 Å². The van der Waals surface area contributed by atoms with Gasteiger partial charge in [0.05, 0.1) is 23.8 Å². The van der Waals surface area contributed by atoms with Crippen molar-refractivity contribution < 1.29 is 13.9 Å². The predicted octanol–water partition coefficient (Wildman–Crippen LogP) is 3.94. The van der Waals surface area contributed by atoms with Crippen LogP contribution in [0.1, 0.15) is 11.1 Å². The standard InChI is InChI=1S/C15H11ClFNO2/c1-19-14-7-11(8-18)6-13(16)15(14)20-9-10-3-2-4-12(17)5-10/h2-7H,9H2,1H3. The molecule has 0 bridgehead atoms. The summed E-state index contributed by atoms with van der Waals surface area (Å²) in [5, 5.41) is 9.14. The second-order valence-electron chi connectivity index (χ2n) is 4.02. The quantitative estimate of drug-likeness (QED) is 0.857. The molecule has 0 radical (unpaired) electrons. The monoisotopic (exact) mass is 291 g/mol. The Bertz CT molecular complexity index is 667. The minimum absolute atomic E-state index is 0.153. The van der Waals surface area contributed by atoms with Crippen molar-refractivity contribution in [3.63, 3.8) is 0 Å². The van der Waals surface area contributed by atoms with E-state index in [9.17, 15) is 4.39 Å². The number of halogens is 2. The molecule has 0 amide bonds. The van der Waals surface area contributed by atoms with Crippen molar-refractivity contribution in [3.8, 4) is 17.6 Å². The summed E-state index contributed by atoms with van der Waals surface area (Å²) < 4.78 is 23.8. The molecule has 102 valence electrons. The minimum Gasteiger partial charge on any atom is -0.493 e. The van der Waals surface area contributed by atoms with Gasteiger partial charge in [-0.3, -0.25) is 0 Å². The zero-order valence-electron chi connectivity index (χ0n) is 10.7. The fraction of sp³-hybridized carbons (Fsp3) is 0.133. The molecule has 2 aromatic carbocycles. The molecule has 0 unspecified atom stereocenters. The summed E-state index contributed by atoms with van der Waals surface area (Å²) in [6.07, 6.45) is 0. The van der Waals surface area contributed by atoms with Gasteiger partial charge in [-0.05, 0) is 23.8 Å². The van der Waals surface area contributed by atoms with Crippen molar-refractivity contribution in [2.45, 2.75) is 6.61 Å². The molecule has 5 heteroatoms. The van der Waals surface area contributed by atoms with E-state index in [4.69, 9.17) is 26.3 Å². The van der Waals surface area contributed by atoms with Crippen LogP contribution >= 0.6 is 11.6 Å². The molecular formula is C15H11ClFNO2. The van der Waals surface area contributed by atoms with Crippen molar-refractivity contribution in [1.82, 2.24) is 0 Å². The first-order valence-electron chi connectivity index (χ1n) is 5.79. The van der Waals surface area contributed by atoms with Crippen molar-refractivity contribution in [1.29, 1.82) is 5.26 Å². The van der Waals surface area contributed by atoms with Gasteiger partial charge in [-0.15, -0.1) is 0 Å². The minimum atomic E-state index is -0.330. The Hall–Kier alpha value is -2.25. The summed E-state index contributed by atoms with van der Waals surface area (Å²) in [6, 6.07) is 11.1. The molecule has 0 aliphatic carbocycles. The van der Waals surface area contributed by atoms with Crippen LogP contribution in [0.5, 0.6) is 11.5 Å². The molecule has 0 aliphatic rings. The SMILES string of the molecule is COc1cc(C#N)cc(Cl)c1OCc1cccc(F)c1. The van der Waals surface area contributed by atoms with Gasteiger partial charge in [0.1, 0.15) is 12.4 Å². The summed E-state index contributed by atoms with van der Waals surface area (Å²) in [7, 11) is 1.46. The van der Waals surface area contributed by atoms with Crippen LogP contribution in [0.15, 0.2) is 36.4 Å². The maximum atomic E-state index is 13.1. The van der Waals surface area contributed by atoms with E-state index in [-0.39, 0.29) is 17.4 Å². The number of hydrogen-bond acceptors (Lipinski definition) is 3. The molecule has 0 saturated heterocycles. The molecule has 2 aromatic rings. The third kappa shape index (κ3) is 3.19. The fourth-order valence-electron chi connectivity index (χ4n) is 1.71. The Balaban J connectivity index is 2.23. The molecular weight excluding hydrogens is 281 g/mol. The summed E-state index contributed by atoms with van der Waals surface area (Å²) in [6.45, 7) is 0.153. The van der Waals surface area contributed by atoms with Crippen LogP contribution in [0, 0.1) is 17.1 Å². The zero-order valence-corrected chi connectivity index (χ0v) is 11.4. The highest BCUT2D eigenvalue weighted by Gasteiger charge is 2.12. The van der Waals surface area contributed by atoms with Gasteiger partial charge in [0.15, 0.2) is 11.5 Å². The van der Waals surface area contributed by atoms with Gasteiger partial charge < -0.3 is 9.47 Å². The summed E-state index contributed by atoms with van der Waals surface area (Å²) in [5.41, 5.74) is 1.05. The Morgan fingerprint density at radius 2 is 2.10 bits per heavy atom. The number of nitriles is 1. The Kier molecular flexibility index (Phi) is 4.44. The third-order valence-corrected chi connectivity index (χ3v) is 2.91. The molecule has 0 atom stereocenters. The Morgan fingerprint density at radius 3 is 2.75 bits per heavy atom. The normalized spacial score (nSPS) is 9.90. The van der Waals surface area contributed by atoms with E-state index in [1.54, 1.807) is 12.1 Å². The zero-order chi connectivity index (χ0) is 14.5. The third-order valence-electron chi connectivity index (χ3n) is 2.63. The Labute approximate surface area is 121 Å². The lowest BCUT2D eigenvalue weighted by molar-refractivity contribution is 0.284. The summed E-state index contributed by atoms with van der Waals surface area (Å²) in [5.74, 6) is 0.367. The average molecular weight is 292 g/mol. The van der Waals surface area contributed by atoms with Gasteiger partial charge in [0.2, 0.25) is 0 Å². The van der Waals surface area contributed by atoms with Crippen LogP contribution < -0.4 is 9.47 Å². The lowest BCUT2D eigenvalue weighted by Crippen LogP contribution is -1.99. The number of rotatable bonds is 4. The molecule has 0 aromatic heterocycles. The molecule has 0 heterocycles. The van der Waals surface area contributed by atoms with E-state index in [1.807, 2.05) is 6.07 Å². The lowest BCUT2D eigenvalue weighted by atomic mass is 10.2. The number of methoxy groups -OCH3 is 1. The van der Waals surface area contributed by atoms with Gasteiger partial charge in [0.25, 0.3) is 0 Å². The highest BCUT2D eigenvalue weighted by Crippen LogP contribution is 2.36. The van der Waals surface area contributed by atoms with Crippen molar-refractivity contribution in [3.05, 3.63) is 58.4 Å². The van der Waals surface area contributed by atoms with E-state index in [1.165, 1.54) is 31.4 Å². The molecule has 0 saturated carbocycles. The second kappa shape index (κ2) is 6.27. The Morgan fingerprint density at radius 1 is 1.30 bits per heavy atom.